The molecule has 3 aromatic rings. The van der Waals surface area contributed by atoms with E-state index >= 15 is 0 Å². The van der Waals surface area contributed by atoms with Gasteiger partial charge in [0.1, 0.15) is 0 Å². The van der Waals surface area contributed by atoms with Gasteiger partial charge in [0.2, 0.25) is 0 Å². The van der Waals surface area contributed by atoms with Crippen LogP contribution in [0.1, 0.15) is 67.0 Å². The van der Waals surface area contributed by atoms with Gasteiger partial charge in [-0.25, -0.2) is 9.67 Å². The summed E-state index contributed by atoms with van der Waals surface area (Å²) in [5.41, 5.74) is 4.51. The summed E-state index contributed by atoms with van der Waals surface area (Å²) in [7, 11) is 0. The molecule has 1 unspecified atom stereocenters. The zero-order valence-electron chi connectivity index (χ0n) is 16.1. The largest absolute Gasteiger partial charge is 0.345 e. The Morgan fingerprint density at radius 3 is 2.50 bits per heavy atom. The average Bonchev–Trinajstić information content (AvgIpc) is 3.03. The number of nitrogens with zero attached hydrogens (tertiary/aromatic N) is 3. The first-order chi connectivity index (χ1) is 12.4. The van der Waals surface area contributed by atoms with Crippen LogP contribution in [-0.4, -0.2) is 20.7 Å². The zero-order valence-corrected chi connectivity index (χ0v) is 16.1. The minimum Gasteiger partial charge on any atom is -0.345 e. The molecule has 2 heterocycles. The smallest absolute Gasteiger partial charge is 0.253 e. The fourth-order valence-corrected chi connectivity index (χ4v) is 3.07. The van der Waals surface area contributed by atoms with Gasteiger partial charge >= 0.3 is 0 Å². The Bertz CT molecular complexity index is 925. The number of aryl methyl sites for hydroxylation is 2. The third-order valence-corrected chi connectivity index (χ3v) is 4.73. The molecule has 0 aliphatic rings. The minimum atomic E-state index is -0.110. The first kappa shape index (κ1) is 18.1. The van der Waals surface area contributed by atoms with Gasteiger partial charge in [0.05, 0.1) is 23.5 Å². The first-order valence-corrected chi connectivity index (χ1v) is 9.15. The molecule has 5 heteroatoms. The molecule has 136 valence electrons. The van der Waals surface area contributed by atoms with Crippen molar-refractivity contribution in [2.45, 2.75) is 53.1 Å². The van der Waals surface area contributed by atoms with Gasteiger partial charge in [-0.15, -0.1) is 0 Å². The second-order valence-electron chi connectivity index (χ2n) is 7.01. The van der Waals surface area contributed by atoms with E-state index in [-0.39, 0.29) is 18.0 Å². The van der Waals surface area contributed by atoms with Crippen LogP contribution in [0.2, 0.25) is 0 Å². The van der Waals surface area contributed by atoms with Gasteiger partial charge in [-0.2, -0.15) is 5.10 Å². The second-order valence-corrected chi connectivity index (χ2v) is 7.01. The van der Waals surface area contributed by atoms with Crippen LogP contribution >= 0.6 is 0 Å². The van der Waals surface area contributed by atoms with Crippen LogP contribution in [0.25, 0.3) is 11.0 Å². The lowest BCUT2D eigenvalue weighted by Crippen LogP contribution is -2.27. The van der Waals surface area contributed by atoms with Gasteiger partial charge in [-0.05, 0) is 51.3 Å². The quantitative estimate of drug-likeness (QED) is 0.743. The standard InChI is InChI=1S/C21H26N4O/c1-6-16-7-9-17(10-8-16)14(4)24-21(26)19-11-18-12-22-25(13(2)3)20(18)23-15(19)5/h7-14H,6H2,1-5H3,(H,24,26). The molecule has 0 spiro atoms. The van der Waals surface area contributed by atoms with Crippen LogP contribution in [-0.2, 0) is 6.42 Å². The number of hydrogen-bond acceptors (Lipinski definition) is 3. The van der Waals surface area contributed by atoms with Crippen molar-refractivity contribution in [2.24, 2.45) is 0 Å². The number of carbonyl (C=O) groups is 1. The van der Waals surface area contributed by atoms with Crippen molar-refractivity contribution in [3.8, 4) is 0 Å². The molecule has 0 saturated heterocycles. The van der Waals surface area contributed by atoms with E-state index < -0.39 is 0 Å². The van der Waals surface area contributed by atoms with E-state index in [1.54, 1.807) is 6.20 Å². The molecular formula is C21H26N4O. The fourth-order valence-electron chi connectivity index (χ4n) is 3.07. The molecule has 0 fully saturated rings. The normalized spacial score (nSPS) is 12.5. The Labute approximate surface area is 154 Å². The summed E-state index contributed by atoms with van der Waals surface area (Å²) in [6.07, 6.45) is 2.78. The van der Waals surface area contributed by atoms with E-state index in [4.69, 9.17) is 0 Å². The molecule has 1 N–H and O–H groups in total. The van der Waals surface area contributed by atoms with Crippen LogP contribution in [0.4, 0.5) is 0 Å². The number of benzene rings is 1. The summed E-state index contributed by atoms with van der Waals surface area (Å²) in [6, 6.07) is 10.4. The molecule has 1 atom stereocenters. The van der Waals surface area contributed by atoms with E-state index in [0.29, 0.717) is 11.3 Å². The summed E-state index contributed by atoms with van der Waals surface area (Å²) in [6.45, 7) is 10.1. The van der Waals surface area contributed by atoms with Gasteiger partial charge < -0.3 is 5.32 Å². The van der Waals surface area contributed by atoms with Crippen molar-refractivity contribution in [2.75, 3.05) is 0 Å². The maximum Gasteiger partial charge on any atom is 0.253 e. The summed E-state index contributed by atoms with van der Waals surface area (Å²) in [5, 5.41) is 8.35. The number of pyridine rings is 1. The molecule has 0 saturated carbocycles. The third kappa shape index (κ3) is 3.47. The average molecular weight is 350 g/mol. The number of fused-ring (bicyclic) bond motifs is 1. The Morgan fingerprint density at radius 2 is 1.88 bits per heavy atom. The van der Waals surface area contributed by atoms with Crippen LogP contribution in [0.3, 0.4) is 0 Å². The maximum absolute atomic E-state index is 12.8. The summed E-state index contributed by atoms with van der Waals surface area (Å²) in [4.78, 5) is 17.4. The molecule has 0 aliphatic heterocycles. The molecule has 0 aliphatic carbocycles. The minimum absolute atomic E-state index is 0.0677. The third-order valence-electron chi connectivity index (χ3n) is 4.73. The predicted molar refractivity (Wildman–Crippen MR) is 104 cm³/mol. The van der Waals surface area contributed by atoms with Crippen molar-refractivity contribution in [3.05, 3.63) is 58.9 Å². The molecule has 3 rings (SSSR count). The molecule has 1 amide bonds. The highest BCUT2D eigenvalue weighted by molar-refractivity contribution is 5.98. The highest BCUT2D eigenvalue weighted by atomic mass is 16.1. The zero-order chi connectivity index (χ0) is 18.8. The van der Waals surface area contributed by atoms with Gasteiger partial charge in [0, 0.05) is 11.4 Å². The maximum atomic E-state index is 12.8. The summed E-state index contributed by atoms with van der Waals surface area (Å²) >= 11 is 0. The van der Waals surface area contributed by atoms with Crippen molar-refractivity contribution < 1.29 is 4.79 Å². The number of hydrogen-bond donors (Lipinski definition) is 1. The fraction of sp³-hybridized carbons (Fsp3) is 0.381. The summed E-state index contributed by atoms with van der Waals surface area (Å²) < 4.78 is 1.88. The molecule has 0 bridgehead atoms. The van der Waals surface area contributed by atoms with Crippen molar-refractivity contribution >= 4 is 16.9 Å². The Balaban J connectivity index is 1.83. The lowest BCUT2D eigenvalue weighted by Gasteiger charge is -2.16. The molecule has 5 nitrogen and oxygen atoms in total. The topological polar surface area (TPSA) is 59.8 Å². The monoisotopic (exact) mass is 350 g/mol. The van der Waals surface area contributed by atoms with Crippen molar-refractivity contribution in [3.63, 3.8) is 0 Å². The number of aromatic nitrogens is 3. The molecule has 2 aromatic heterocycles. The lowest BCUT2D eigenvalue weighted by molar-refractivity contribution is 0.0939. The van der Waals surface area contributed by atoms with Crippen LogP contribution in [0, 0.1) is 6.92 Å². The van der Waals surface area contributed by atoms with E-state index in [1.807, 2.05) is 24.6 Å². The van der Waals surface area contributed by atoms with Gasteiger partial charge in [0.25, 0.3) is 5.91 Å². The van der Waals surface area contributed by atoms with E-state index in [2.05, 4.69) is 60.4 Å². The first-order valence-electron chi connectivity index (χ1n) is 9.15. The Kier molecular flexibility index (Phi) is 5.07. The van der Waals surface area contributed by atoms with Gasteiger partial charge in [0.15, 0.2) is 5.65 Å². The second kappa shape index (κ2) is 7.28. The number of rotatable bonds is 5. The van der Waals surface area contributed by atoms with E-state index in [1.165, 1.54) is 5.56 Å². The molecule has 1 aromatic carbocycles. The molecular weight excluding hydrogens is 324 g/mol. The van der Waals surface area contributed by atoms with E-state index in [0.717, 1.165) is 23.0 Å². The van der Waals surface area contributed by atoms with Crippen LogP contribution < -0.4 is 5.32 Å². The van der Waals surface area contributed by atoms with Crippen molar-refractivity contribution in [1.29, 1.82) is 0 Å². The SMILES string of the molecule is CCc1ccc(C(C)NC(=O)c2cc3cnn(C(C)C)c3nc2C)cc1. The molecule has 0 radical (unpaired) electrons. The van der Waals surface area contributed by atoms with Crippen LogP contribution in [0.15, 0.2) is 36.5 Å². The van der Waals surface area contributed by atoms with Gasteiger partial charge in [-0.3, -0.25) is 4.79 Å². The number of carbonyl (C=O) groups excluding carboxylic acids is 1. The number of nitrogens with one attached hydrogen (secondary N) is 1. The Morgan fingerprint density at radius 1 is 1.19 bits per heavy atom. The predicted octanol–water partition coefficient (Wildman–Crippen LogP) is 4.37. The summed E-state index contributed by atoms with van der Waals surface area (Å²) in [5.74, 6) is -0.110. The highest BCUT2D eigenvalue weighted by Gasteiger charge is 2.17. The Hall–Kier alpha value is -2.69. The molecule has 26 heavy (non-hydrogen) atoms. The van der Waals surface area contributed by atoms with Crippen molar-refractivity contribution in [1.82, 2.24) is 20.1 Å². The highest BCUT2D eigenvalue weighted by Crippen LogP contribution is 2.20. The van der Waals surface area contributed by atoms with Gasteiger partial charge in [-0.1, -0.05) is 31.2 Å². The van der Waals surface area contributed by atoms with Crippen LogP contribution in [0.5, 0.6) is 0 Å². The number of amides is 1. The lowest BCUT2D eigenvalue weighted by atomic mass is 10.0. The van der Waals surface area contributed by atoms with E-state index in [9.17, 15) is 4.79 Å².